The second kappa shape index (κ2) is 14.9. The van der Waals surface area contributed by atoms with Gasteiger partial charge in [-0.3, -0.25) is 9.69 Å². The van der Waals surface area contributed by atoms with Gasteiger partial charge >= 0.3 is 12.2 Å². The first kappa shape index (κ1) is 32.3. The summed E-state index contributed by atoms with van der Waals surface area (Å²) in [6.45, 7) is 0.439. The third-order valence-electron chi connectivity index (χ3n) is 8.82. The number of aromatic nitrogens is 1. The van der Waals surface area contributed by atoms with E-state index in [2.05, 4.69) is 15.6 Å². The summed E-state index contributed by atoms with van der Waals surface area (Å²) in [7, 11) is 1.26. The molecule has 4 aromatic carbocycles. The van der Waals surface area contributed by atoms with E-state index in [4.69, 9.17) is 9.47 Å². The van der Waals surface area contributed by atoms with Crippen LogP contribution < -0.4 is 10.6 Å². The van der Waals surface area contributed by atoms with Crippen LogP contribution in [0.4, 0.5) is 15.3 Å². The zero-order valence-corrected chi connectivity index (χ0v) is 26.5. The van der Waals surface area contributed by atoms with Crippen LogP contribution in [0.3, 0.4) is 0 Å². The van der Waals surface area contributed by atoms with Gasteiger partial charge in [-0.15, -0.1) is 0 Å². The van der Waals surface area contributed by atoms with E-state index < -0.39 is 36.1 Å². The fourth-order valence-electron chi connectivity index (χ4n) is 6.41. The normalized spacial score (nSPS) is 16.8. The number of fused-ring (bicyclic) bond motifs is 1. The Hall–Kier alpha value is -5.61. The second-order valence-corrected chi connectivity index (χ2v) is 11.8. The van der Waals surface area contributed by atoms with E-state index >= 15 is 0 Å². The predicted molar refractivity (Wildman–Crippen MR) is 183 cm³/mol. The van der Waals surface area contributed by atoms with Crippen molar-refractivity contribution in [3.8, 4) is 0 Å². The SMILES string of the molecule is COC(=O)N[C@H](C(=O)Nc1ccccc1CC[C@@H]1CN(C(=O)O)[C@H](c2cc3ccccc3[nH]2)CO1)C(c1ccccc1)c1ccccc1. The summed E-state index contributed by atoms with van der Waals surface area (Å²) in [5, 5.41) is 16.9. The maximum Gasteiger partial charge on any atom is 0.408 e. The molecule has 10 heteroatoms. The van der Waals surface area contributed by atoms with Crippen molar-refractivity contribution in [3.05, 3.63) is 138 Å². The number of rotatable bonds is 10. The summed E-state index contributed by atoms with van der Waals surface area (Å²) in [6.07, 6.45) is -0.989. The van der Waals surface area contributed by atoms with Crippen molar-refractivity contribution in [2.45, 2.75) is 36.9 Å². The molecule has 0 bridgehead atoms. The predicted octanol–water partition coefficient (Wildman–Crippen LogP) is 6.72. The number of anilines is 1. The van der Waals surface area contributed by atoms with Crippen molar-refractivity contribution in [2.75, 3.05) is 25.6 Å². The highest BCUT2D eigenvalue weighted by Gasteiger charge is 2.35. The summed E-state index contributed by atoms with van der Waals surface area (Å²) in [5.41, 5.74) is 4.92. The number of amides is 3. The molecule has 1 saturated heterocycles. The Morgan fingerprint density at radius 1 is 0.917 bits per heavy atom. The van der Waals surface area contributed by atoms with Crippen molar-refractivity contribution in [2.24, 2.45) is 0 Å². The molecule has 48 heavy (non-hydrogen) atoms. The monoisotopic (exact) mass is 646 g/mol. The third-order valence-corrected chi connectivity index (χ3v) is 8.82. The Morgan fingerprint density at radius 3 is 2.23 bits per heavy atom. The summed E-state index contributed by atoms with van der Waals surface area (Å²) in [6, 6.07) is 34.9. The van der Waals surface area contributed by atoms with Crippen LogP contribution in [-0.2, 0) is 20.7 Å². The van der Waals surface area contributed by atoms with Crippen LogP contribution in [-0.4, -0.2) is 65.5 Å². The molecular weight excluding hydrogens is 608 g/mol. The summed E-state index contributed by atoms with van der Waals surface area (Å²) in [4.78, 5) is 43.7. The Bertz CT molecular complexity index is 1790. The van der Waals surface area contributed by atoms with Crippen LogP contribution in [0.1, 0.15) is 40.8 Å². The van der Waals surface area contributed by atoms with Crippen LogP contribution in [0.15, 0.2) is 115 Å². The molecule has 4 N–H and O–H groups in total. The number of hydrogen-bond donors (Lipinski definition) is 4. The second-order valence-electron chi connectivity index (χ2n) is 11.8. The van der Waals surface area contributed by atoms with Gasteiger partial charge in [-0.2, -0.15) is 0 Å². The molecule has 2 heterocycles. The molecule has 246 valence electrons. The zero-order chi connectivity index (χ0) is 33.5. The summed E-state index contributed by atoms with van der Waals surface area (Å²) >= 11 is 0. The molecule has 1 fully saturated rings. The number of morpholine rings is 1. The number of aryl methyl sites for hydroxylation is 1. The van der Waals surface area contributed by atoms with Gasteiger partial charge in [-0.25, -0.2) is 9.59 Å². The largest absolute Gasteiger partial charge is 0.465 e. The maximum atomic E-state index is 14.1. The van der Waals surface area contributed by atoms with Gasteiger partial charge in [0.25, 0.3) is 0 Å². The molecule has 1 aromatic heterocycles. The van der Waals surface area contributed by atoms with E-state index in [-0.39, 0.29) is 19.3 Å². The number of para-hydroxylation sites is 2. The smallest absolute Gasteiger partial charge is 0.408 e. The zero-order valence-electron chi connectivity index (χ0n) is 26.5. The highest BCUT2D eigenvalue weighted by molar-refractivity contribution is 5.98. The van der Waals surface area contributed by atoms with E-state index in [1.165, 1.54) is 12.0 Å². The number of benzene rings is 4. The Kier molecular flexibility index (Phi) is 10.0. The first-order valence-electron chi connectivity index (χ1n) is 15.9. The number of carbonyl (C=O) groups is 3. The number of nitrogens with one attached hydrogen (secondary N) is 3. The molecule has 5 aromatic rings. The van der Waals surface area contributed by atoms with Gasteiger partial charge in [0, 0.05) is 22.8 Å². The number of carbonyl (C=O) groups excluding carboxylic acids is 2. The fraction of sp³-hybridized carbons (Fsp3) is 0.237. The lowest BCUT2D eigenvalue weighted by molar-refractivity contribution is -0.118. The highest BCUT2D eigenvalue weighted by atomic mass is 16.5. The lowest BCUT2D eigenvalue weighted by atomic mass is 9.84. The maximum absolute atomic E-state index is 14.1. The van der Waals surface area contributed by atoms with E-state index in [0.717, 1.165) is 33.3 Å². The summed E-state index contributed by atoms with van der Waals surface area (Å²) < 4.78 is 11.1. The van der Waals surface area contributed by atoms with Crippen molar-refractivity contribution in [1.82, 2.24) is 15.2 Å². The number of nitrogens with zero attached hydrogens (tertiary/aromatic N) is 1. The van der Waals surface area contributed by atoms with Crippen molar-refractivity contribution in [1.29, 1.82) is 0 Å². The van der Waals surface area contributed by atoms with Crippen LogP contribution in [0.25, 0.3) is 10.9 Å². The average Bonchev–Trinajstić information content (AvgIpc) is 3.56. The van der Waals surface area contributed by atoms with Crippen LogP contribution in [0.2, 0.25) is 0 Å². The Labute approximate surface area is 278 Å². The number of methoxy groups -OCH3 is 1. The minimum Gasteiger partial charge on any atom is -0.465 e. The molecule has 1 aliphatic heterocycles. The van der Waals surface area contributed by atoms with Gasteiger partial charge in [0.1, 0.15) is 6.04 Å². The van der Waals surface area contributed by atoms with Gasteiger partial charge in [-0.1, -0.05) is 97.1 Å². The van der Waals surface area contributed by atoms with Gasteiger partial charge in [0.15, 0.2) is 0 Å². The van der Waals surface area contributed by atoms with Gasteiger partial charge in [-0.05, 0) is 53.1 Å². The van der Waals surface area contributed by atoms with Gasteiger partial charge in [0.05, 0.1) is 32.4 Å². The molecular formula is C38H38N4O6. The average molecular weight is 647 g/mol. The van der Waals surface area contributed by atoms with Gasteiger partial charge < -0.3 is 30.2 Å². The number of H-pyrrole nitrogens is 1. The van der Waals surface area contributed by atoms with Crippen LogP contribution in [0, 0.1) is 0 Å². The van der Waals surface area contributed by atoms with E-state index in [1.54, 1.807) is 0 Å². The highest BCUT2D eigenvalue weighted by Crippen LogP contribution is 2.32. The standard InChI is InChI=1S/C38H38N4O6/c1-47-37(44)41-35(34(26-13-4-2-5-14-26)27-15-6-3-7-16-27)36(43)40-30-18-10-8-12-25(30)20-21-29-23-42(38(45)46)33(24-48-29)32-22-28-17-9-11-19-31(28)39-32/h2-19,22,29,33-35,39H,20-21,23-24H2,1H3,(H,40,43)(H,41,44)(H,45,46)/t29-,33+,35+/m1/s1. The topological polar surface area (TPSA) is 133 Å². The first-order valence-corrected chi connectivity index (χ1v) is 15.9. The molecule has 1 aliphatic rings. The minimum atomic E-state index is -1.00. The summed E-state index contributed by atoms with van der Waals surface area (Å²) in [5.74, 6) is -0.904. The van der Waals surface area contributed by atoms with Crippen LogP contribution >= 0.6 is 0 Å². The number of carboxylic acid groups (broad SMARTS) is 1. The molecule has 0 unspecified atom stereocenters. The molecule has 10 nitrogen and oxygen atoms in total. The molecule has 0 aliphatic carbocycles. The number of alkyl carbamates (subject to hydrolysis) is 1. The molecule has 3 atom stereocenters. The minimum absolute atomic E-state index is 0.213. The molecule has 6 rings (SSSR count). The van der Waals surface area contributed by atoms with E-state index in [9.17, 15) is 19.5 Å². The van der Waals surface area contributed by atoms with Gasteiger partial charge in [0.2, 0.25) is 5.91 Å². The Morgan fingerprint density at radius 2 is 1.56 bits per heavy atom. The first-order chi connectivity index (χ1) is 23.4. The van der Waals surface area contributed by atoms with Crippen molar-refractivity contribution in [3.63, 3.8) is 0 Å². The molecule has 3 amide bonds. The third kappa shape index (κ3) is 7.34. The Balaban J connectivity index is 1.18. The molecule has 0 radical (unpaired) electrons. The van der Waals surface area contributed by atoms with E-state index in [1.807, 2.05) is 115 Å². The van der Waals surface area contributed by atoms with Crippen molar-refractivity contribution >= 4 is 34.7 Å². The molecule has 0 spiro atoms. The van der Waals surface area contributed by atoms with Crippen molar-refractivity contribution < 1.29 is 29.0 Å². The fourth-order valence-corrected chi connectivity index (χ4v) is 6.41. The number of ether oxygens (including phenoxy) is 2. The number of hydrogen-bond acceptors (Lipinski definition) is 5. The van der Waals surface area contributed by atoms with Crippen LogP contribution in [0.5, 0.6) is 0 Å². The van der Waals surface area contributed by atoms with E-state index in [0.29, 0.717) is 18.5 Å². The number of aromatic amines is 1. The molecule has 0 saturated carbocycles. The quantitative estimate of drug-likeness (QED) is 0.133. The lowest BCUT2D eigenvalue weighted by Gasteiger charge is -2.37. The lowest BCUT2D eigenvalue weighted by Crippen LogP contribution is -2.48.